The maximum Gasteiger partial charge on any atom is 0.363 e. The van der Waals surface area contributed by atoms with Gasteiger partial charge in [0.05, 0.1) is 17.3 Å². The van der Waals surface area contributed by atoms with Gasteiger partial charge < -0.3 is 9.47 Å². The third-order valence-electron chi connectivity index (χ3n) is 3.35. The van der Waals surface area contributed by atoms with Crippen molar-refractivity contribution in [1.29, 1.82) is 0 Å². The van der Waals surface area contributed by atoms with Crippen LogP contribution >= 0.6 is 11.3 Å². The van der Waals surface area contributed by atoms with Gasteiger partial charge in [-0.3, -0.25) is 0 Å². The fraction of sp³-hybridized carbons (Fsp3) is 0.278. The molecule has 0 amide bonds. The van der Waals surface area contributed by atoms with E-state index in [-0.39, 0.29) is 5.70 Å². The van der Waals surface area contributed by atoms with E-state index in [0.29, 0.717) is 18.4 Å². The van der Waals surface area contributed by atoms with Crippen LogP contribution in [0, 0.1) is 0 Å². The van der Waals surface area contributed by atoms with E-state index in [4.69, 9.17) is 9.47 Å². The molecule has 124 valence electrons. The zero-order chi connectivity index (χ0) is 17.1. The number of esters is 1. The molecule has 0 bridgehead atoms. The molecule has 1 aromatic carbocycles. The second kappa shape index (κ2) is 6.97. The van der Waals surface area contributed by atoms with Crippen molar-refractivity contribution in [2.75, 3.05) is 6.61 Å². The normalized spacial score (nSPS) is 15.8. The van der Waals surface area contributed by atoms with Crippen molar-refractivity contribution >= 4 is 29.3 Å². The molecule has 3 rings (SSSR count). The molecule has 0 spiro atoms. The molecule has 0 aliphatic carbocycles. The van der Waals surface area contributed by atoms with Gasteiger partial charge in [0.1, 0.15) is 5.75 Å². The Bertz CT molecular complexity index is 804. The van der Waals surface area contributed by atoms with Gasteiger partial charge in [-0.15, -0.1) is 11.3 Å². The largest absolute Gasteiger partial charge is 0.494 e. The number of ether oxygens (including phenoxy) is 2. The fourth-order valence-electron chi connectivity index (χ4n) is 2.17. The van der Waals surface area contributed by atoms with Crippen molar-refractivity contribution in [1.82, 2.24) is 4.98 Å². The number of carbonyl (C=O) groups excluding carboxylic acids is 1. The lowest BCUT2D eigenvalue weighted by Crippen LogP contribution is -2.05. The van der Waals surface area contributed by atoms with Crippen LogP contribution in [0.4, 0.5) is 0 Å². The highest BCUT2D eigenvalue weighted by Crippen LogP contribution is 2.24. The van der Waals surface area contributed by atoms with Gasteiger partial charge in [0.2, 0.25) is 5.90 Å². The first-order valence-electron chi connectivity index (χ1n) is 7.78. The predicted molar refractivity (Wildman–Crippen MR) is 94.4 cm³/mol. The summed E-state index contributed by atoms with van der Waals surface area (Å²) >= 11 is 1.58. The zero-order valence-corrected chi connectivity index (χ0v) is 14.6. The zero-order valence-electron chi connectivity index (χ0n) is 13.8. The molecule has 5 nitrogen and oxygen atoms in total. The SMILES string of the molecule is CCOc1ccc(C2=N/C(=C\c3csc(C(C)C)n3)C(=O)O2)cc1. The predicted octanol–water partition coefficient (Wildman–Crippen LogP) is 4.01. The Balaban J connectivity index is 1.82. The van der Waals surface area contributed by atoms with Gasteiger partial charge >= 0.3 is 5.97 Å². The van der Waals surface area contributed by atoms with E-state index < -0.39 is 5.97 Å². The van der Waals surface area contributed by atoms with E-state index in [9.17, 15) is 4.79 Å². The van der Waals surface area contributed by atoms with E-state index in [1.165, 1.54) is 0 Å². The number of cyclic esters (lactones) is 1. The van der Waals surface area contributed by atoms with Crippen LogP contribution in [-0.2, 0) is 9.53 Å². The van der Waals surface area contributed by atoms with Gasteiger partial charge in [-0.25, -0.2) is 14.8 Å². The molecule has 2 aromatic rings. The van der Waals surface area contributed by atoms with Crippen LogP contribution in [0.15, 0.2) is 40.3 Å². The van der Waals surface area contributed by atoms with E-state index in [1.54, 1.807) is 17.4 Å². The van der Waals surface area contributed by atoms with Crippen LogP contribution in [-0.4, -0.2) is 23.5 Å². The van der Waals surface area contributed by atoms with Crippen molar-refractivity contribution < 1.29 is 14.3 Å². The fourth-order valence-corrected chi connectivity index (χ4v) is 2.96. The number of rotatable bonds is 5. The van der Waals surface area contributed by atoms with Crippen LogP contribution in [0.3, 0.4) is 0 Å². The van der Waals surface area contributed by atoms with Crippen LogP contribution in [0.1, 0.15) is 43.0 Å². The first-order valence-corrected chi connectivity index (χ1v) is 8.66. The Morgan fingerprint density at radius 1 is 1.29 bits per heavy atom. The minimum absolute atomic E-state index is 0.263. The Hall–Kier alpha value is -2.47. The summed E-state index contributed by atoms with van der Waals surface area (Å²) < 4.78 is 10.7. The Labute approximate surface area is 144 Å². The summed E-state index contributed by atoms with van der Waals surface area (Å²) in [7, 11) is 0. The number of benzene rings is 1. The second-order valence-electron chi connectivity index (χ2n) is 5.56. The molecule has 0 unspecified atom stereocenters. The Morgan fingerprint density at radius 3 is 2.67 bits per heavy atom. The molecule has 1 aliphatic heterocycles. The highest BCUT2D eigenvalue weighted by atomic mass is 32.1. The number of nitrogens with zero attached hydrogens (tertiary/aromatic N) is 2. The molecule has 6 heteroatoms. The Morgan fingerprint density at radius 2 is 2.04 bits per heavy atom. The average molecular weight is 342 g/mol. The quantitative estimate of drug-likeness (QED) is 0.608. The third-order valence-corrected chi connectivity index (χ3v) is 4.51. The lowest BCUT2D eigenvalue weighted by Gasteiger charge is -2.03. The highest BCUT2D eigenvalue weighted by molar-refractivity contribution is 7.09. The molecule has 24 heavy (non-hydrogen) atoms. The first kappa shape index (κ1) is 16.4. The van der Waals surface area contributed by atoms with E-state index in [2.05, 4.69) is 23.8 Å². The van der Waals surface area contributed by atoms with Gasteiger partial charge in [0.15, 0.2) is 5.70 Å². The average Bonchev–Trinajstić information content (AvgIpc) is 3.17. The molecule has 0 saturated carbocycles. The summed E-state index contributed by atoms with van der Waals surface area (Å²) in [5, 5.41) is 2.95. The summed E-state index contributed by atoms with van der Waals surface area (Å²) in [6.07, 6.45) is 1.66. The molecule has 0 saturated heterocycles. The molecule has 0 fully saturated rings. The van der Waals surface area contributed by atoms with Gasteiger partial charge in [-0.1, -0.05) is 13.8 Å². The number of aromatic nitrogens is 1. The number of hydrogen-bond donors (Lipinski definition) is 0. The summed E-state index contributed by atoms with van der Waals surface area (Å²) in [6.45, 7) is 6.70. The molecular formula is C18H18N2O3S. The van der Waals surface area contributed by atoms with Crippen LogP contribution < -0.4 is 4.74 Å². The monoisotopic (exact) mass is 342 g/mol. The van der Waals surface area contributed by atoms with Crippen molar-refractivity contribution in [2.24, 2.45) is 4.99 Å². The van der Waals surface area contributed by atoms with Gasteiger partial charge in [-0.2, -0.15) is 0 Å². The molecule has 0 radical (unpaired) electrons. The number of carbonyl (C=O) groups is 1. The van der Waals surface area contributed by atoms with Crippen molar-refractivity contribution in [2.45, 2.75) is 26.7 Å². The summed E-state index contributed by atoms with van der Waals surface area (Å²) in [5.41, 5.74) is 1.73. The molecule has 0 N–H and O–H groups in total. The lowest BCUT2D eigenvalue weighted by atomic mass is 10.2. The van der Waals surface area contributed by atoms with Gasteiger partial charge in [0, 0.05) is 16.9 Å². The van der Waals surface area contributed by atoms with Crippen LogP contribution in [0.2, 0.25) is 0 Å². The number of aliphatic imine (C=N–C) groups is 1. The topological polar surface area (TPSA) is 60.8 Å². The van der Waals surface area contributed by atoms with Crippen molar-refractivity contribution in [3.05, 3.63) is 51.6 Å². The third kappa shape index (κ3) is 3.54. The van der Waals surface area contributed by atoms with Crippen molar-refractivity contribution in [3.63, 3.8) is 0 Å². The molecule has 1 aromatic heterocycles. The number of hydrogen-bond acceptors (Lipinski definition) is 6. The van der Waals surface area contributed by atoms with Crippen molar-refractivity contribution in [3.8, 4) is 5.75 Å². The van der Waals surface area contributed by atoms with Crippen LogP contribution in [0.5, 0.6) is 5.75 Å². The van der Waals surface area contributed by atoms with Crippen LogP contribution in [0.25, 0.3) is 6.08 Å². The minimum atomic E-state index is -0.460. The Kier molecular flexibility index (Phi) is 4.76. The molecule has 0 atom stereocenters. The first-order chi connectivity index (χ1) is 11.6. The molecule has 2 heterocycles. The maximum atomic E-state index is 12.0. The van der Waals surface area contributed by atoms with E-state index in [0.717, 1.165) is 22.0 Å². The second-order valence-corrected chi connectivity index (χ2v) is 6.45. The molecular weight excluding hydrogens is 324 g/mol. The minimum Gasteiger partial charge on any atom is -0.494 e. The lowest BCUT2D eigenvalue weighted by molar-refractivity contribution is -0.129. The smallest absolute Gasteiger partial charge is 0.363 e. The summed E-state index contributed by atoms with van der Waals surface area (Å²) in [6, 6.07) is 7.29. The molecule has 1 aliphatic rings. The van der Waals surface area contributed by atoms with E-state index in [1.807, 2.05) is 36.6 Å². The number of thiazole rings is 1. The summed E-state index contributed by atoms with van der Waals surface area (Å²) in [5.74, 6) is 0.970. The van der Waals surface area contributed by atoms with Gasteiger partial charge in [0.25, 0.3) is 0 Å². The van der Waals surface area contributed by atoms with E-state index >= 15 is 0 Å². The highest BCUT2D eigenvalue weighted by Gasteiger charge is 2.24. The van der Waals surface area contributed by atoms with Gasteiger partial charge in [-0.05, 0) is 37.3 Å². The maximum absolute atomic E-state index is 12.0. The summed E-state index contributed by atoms with van der Waals surface area (Å²) in [4.78, 5) is 20.8. The standard InChI is InChI=1S/C18H18N2O3S/c1-4-22-14-7-5-12(6-8-14)16-20-15(18(21)23-16)9-13-10-24-17(19-13)11(2)3/h5-11H,4H2,1-3H3/b15-9-.